The van der Waals surface area contributed by atoms with Crippen LogP contribution in [-0.4, -0.2) is 52.3 Å². The van der Waals surface area contributed by atoms with Gasteiger partial charge >= 0.3 is 5.69 Å². The Morgan fingerprint density at radius 1 is 1.12 bits per heavy atom. The first kappa shape index (κ1) is 23.1. The van der Waals surface area contributed by atoms with Crippen LogP contribution in [0.1, 0.15) is 49.9 Å². The zero-order chi connectivity index (χ0) is 22.5. The maximum absolute atomic E-state index is 13.0. The van der Waals surface area contributed by atoms with Crippen LogP contribution in [0, 0.1) is 0 Å². The van der Waals surface area contributed by atoms with E-state index in [1.807, 2.05) is 27.7 Å². The van der Waals surface area contributed by atoms with E-state index in [4.69, 9.17) is 0 Å². The third-order valence-electron chi connectivity index (χ3n) is 6.72. The number of thioether (sulfide) groups is 1. The number of rotatable bonds is 9. The van der Waals surface area contributed by atoms with Crippen molar-refractivity contribution in [3.63, 3.8) is 0 Å². The zero-order valence-corrected chi connectivity index (χ0v) is 20.1. The van der Waals surface area contributed by atoms with Gasteiger partial charge in [-0.25, -0.2) is 4.79 Å². The van der Waals surface area contributed by atoms with Crippen LogP contribution in [0.5, 0.6) is 0 Å². The van der Waals surface area contributed by atoms with Crippen molar-refractivity contribution in [1.82, 2.24) is 14.5 Å². The summed E-state index contributed by atoms with van der Waals surface area (Å²) in [6.07, 6.45) is 5.97. The fraction of sp³-hybridized carbons (Fsp3) is 0.560. The first-order valence-electron chi connectivity index (χ1n) is 12.0. The van der Waals surface area contributed by atoms with Crippen molar-refractivity contribution in [3.05, 3.63) is 51.6 Å². The fourth-order valence-corrected chi connectivity index (χ4v) is 5.85. The molecule has 0 fully saturated rings. The quantitative estimate of drug-likeness (QED) is 0.429. The molecule has 0 radical (unpaired) electrons. The molecule has 0 N–H and O–H groups in total. The zero-order valence-electron chi connectivity index (χ0n) is 19.3. The lowest BCUT2D eigenvalue weighted by Crippen LogP contribution is -2.33. The number of hydrogen-bond donors (Lipinski definition) is 0. The van der Waals surface area contributed by atoms with Crippen molar-refractivity contribution in [2.24, 2.45) is 0 Å². The SMILES string of the molecule is CCN(CC)CCCn1c2c(c(SCC(=O)N3CCc4ccccc43)nc1=O)CCCC2. The Hall–Kier alpha value is -2.12. The third-order valence-corrected chi connectivity index (χ3v) is 7.72. The highest BCUT2D eigenvalue weighted by molar-refractivity contribution is 8.00. The molecule has 1 aliphatic carbocycles. The van der Waals surface area contributed by atoms with Crippen LogP contribution in [0.3, 0.4) is 0 Å². The number of hydrogen-bond acceptors (Lipinski definition) is 5. The molecule has 0 saturated heterocycles. The van der Waals surface area contributed by atoms with Crippen LogP contribution in [0.2, 0.25) is 0 Å². The summed E-state index contributed by atoms with van der Waals surface area (Å²) in [5.74, 6) is 0.411. The van der Waals surface area contributed by atoms with Crippen LogP contribution in [0.25, 0.3) is 0 Å². The van der Waals surface area contributed by atoms with E-state index >= 15 is 0 Å². The molecule has 0 atom stereocenters. The van der Waals surface area contributed by atoms with Crippen molar-refractivity contribution in [2.45, 2.75) is 63.9 Å². The number of nitrogens with zero attached hydrogens (tertiary/aromatic N) is 4. The molecule has 0 bridgehead atoms. The Morgan fingerprint density at radius 2 is 1.91 bits per heavy atom. The molecule has 7 heteroatoms. The Morgan fingerprint density at radius 3 is 2.72 bits per heavy atom. The largest absolute Gasteiger partial charge is 0.348 e. The molecule has 1 amide bonds. The van der Waals surface area contributed by atoms with Gasteiger partial charge in [-0.1, -0.05) is 43.8 Å². The second-order valence-electron chi connectivity index (χ2n) is 8.58. The predicted molar refractivity (Wildman–Crippen MR) is 131 cm³/mol. The summed E-state index contributed by atoms with van der Waals surface area (Å²) in [6.45, 7) is 8.87. The fourth-order valence-electron chi connectivity index (χ4n) is 4.90. The van der Waals surface area contributed by atoms with E-state index < -0.39 is 0 Å². The van der Waals surface area contributed by atoms with Gasteiger partial charge in [-0.3, -0.25) is 9.36 Å². The molecule has 1 aromatic carbocycles. The van der Waals surface area contributed by atoms with E-state index in [-0.39, 0.29) is 11.6 Å². The van der Waals surface area contributed by atoms with Crippen LogP contribution in [-0.2, 0) is 30.6 Å². The summed E-state index contributed by atoms with van der Waals surface area (Å²) < 4.78 is 1.90. The maximum Gasteiger partial charge on any atom is 0.348 e. The van der Waals surface area contributed by atoms with Crippen LogP contribution < -0.4 is 10.6 Å². The molecular formula is C25H34N4O2S. The van der Waals surface area contributed by atoms with Gasteiger partial charge in [0.25, 0.3) is 0 Å². The number of para-hydroxylation sites is 1. The van der Waals surface area contributed by atoms with Crippen molar-refractivity contribution >= 4 is 23.4 Å². The van der Waals surface area contributed by atoms with E-state index in [0.717, 1.165) is 87.7 Å². The monoisotopic (exact) mass is 454 g/mol. The molecule has 0 unspecified atom stereocenters. The lowest BCUT2D eigenvalue weighted by molar-refractivity contribution is -0.116. The summed E-state index contributed by atoms with van der Waals surface area (Å²) in [4.78, 5) is 34.6. The highest BCUT2D eigenvalue weighted by Crippen LogP contribution is 2.31. The number of amides is 1. The van der Waals surface area contributed by atoms with Crippen molar-refractivity contribution in [2.75, 3.05) is 36.8 Å². The molecule has 1 aromatic heterocycles. The molecule has 4 rings (SSSR count). The maximum atomic E-state index is 13.0. The number of benzene rings is 1. The third kappa shape index (κ3) is 4.94. The molecule has 2 aliphatic rings. The summed E-state index contributed by atoms with van der Waals surface area (Å²) >= 11 is 1.44. The number of carbonyl (C=O) groups excluding carboxylic acids is 1. The number of fused-ring (bicyclic) bond motifs is 2. The molecule has 172 valence electrons. The van der Waals surface area contributed by atoms with Gasteiger partial charge in [0.15, 0.2) is 0 Å². The Bertz CT molecular complexity index is 1020. The Kier molecular flexibility index (Phi) is 7.68. The normalized spacial score (nSPS) is 15.2. The number of anilines is 1. The molecule has 2 aromatic rings. The number of carbonyl (C=O) groups is 1. The van der Waals surface area contributed by atoms with Gasteiger partial charge in [-0.05, 0) is 69.8 Å². The molecule has 32 heavy (non-hydrogen) atoms. The van der Waals surface area contributed by atoms with Gasteiger partial charge in [0.1, 0.15) is 5.03 Å². The summed E-state index contributed by atoms with van der Waals surface area (Å²) in [7, 11) is 0. The van der Waals surface area contributed by atoms with E-state index in [9.17, 15) is 9.59 Å². The molecular weight excluding hydrogens is 420 g/mol. The highest BCUT2D eigenvalue weighted by atomic mass is 32.2. The average molecular weight is 455 g/mol. The lowest BCUT2D eigenvalue weighted by Gasteiger charge is -2.24. The summed E-state index contributed by atoms with van der Waals surface area (Å²) in [5.41, 5.74) is 4.44. The second kappa shape index (κ2) is 10.7. The average Bonchev–Trinajstić information content (AvgIpc) is 3.26. The van der Waals surface area contributed by atoms with Crippen molar-refractivity contribution in [1.29, 1.82) is 0 Å². The van der Waals surface area contributed by atoms with E-state index in [2.05, 4.69) is 29.8 Å². The van der Waals surface area contributed by atoms with Gasteiger partial charge in [-0.15, -0.1) is 0 Å². The Balaban J connectivity index is 1.47. The van der Waals surface area contributed by atoms with Crippen LogP contribution in [0.4, 0.5) is 5.69 Å². The minimum absolute atomic E-state index is 0.0923. The summed E-state index contributed by atoms with van der Waals surface area (Å²) in [5, 5.41) is 0.769. The van der Waals surface area contributed by atoms with Gasteiger partial charge in [0.2, 0.25) is 5.91 Å². The minimum Gasteiger partial charge on any atom is -0.311 e. The Labute approximate surface area is 195 Å². The van der Waals surface area contributed by atoms with Gasteiger partial charge in [0.05, 0.1) is 5.75 Å². The van der Waals surface area contributed by atoms with Crippen molar-refractivity contribution < 1.29 is 4.79 Å². The molecule has 0 saturated carbocycles. The molecule has 0 spiro atoms. The van der Waals surface area contributed by atoms with Gasteiger partial charge < -0.3 is 9.80 Å². The van der Waals surface area contributed by atoms with E-state index in [1.165, 1.54) is 22.9 Å². The topological polar surface area (TPSA) is 58.4 Å². The molecule has 6 nitrogen and oxygen atoms in total. The van der Waals surface area contributed by atoms with E-state index in [0.29, 0.717) is 5.75 Å². The van der Waals surface area contributed by atoms with Crippen LogP contribution in [0.15, 0.2) is 34.1 Å². The smallest absolute Gasteiger partial charge is 0.311 e. The van der Waals surface area contributed by atoms with Crippen molar-refractivity contribution in [3.8, 4) is 0 Å². The second-order valence-corrected chi connectivity index (χ2v) is 9.54. The predicted octanol–water partition coefficient (Wildman–Crippen LogP) is 3.54. The lowest BCUT2D eigenvalue weighted by atomic mass is 9.97. The first-order chi connectivity index (χ1) is 15.6. The minimum atomic E-state index is -0.160. The van der Waals surface area contributed by atoms with Crippen LogP contribution >= 0.6 is 11.8 Å². The molecule has 2 heterocycles. The summed E-state index contributed by atoms with van der Waals surface area (Å²) in [6, 6.07) is 8.11. The first-order valence-corrected chi connectivity index (χ1v) is 13.0. The van der Waals surface area contributed by atoms with Gasteiger partial charge in [0, 0.05) is 30.0 Å². The molecule has 1 aliphatic heterocycles. The van der Waals surface area contributed by atoms with Gasteiger partial charge in [-0.2, -0.15) is 4.98 Å². The standard InChI is InChI=1S/C25H34N4O2S/c1-3-27(4-2)15-9-16-29-22-13-8-6-11-20(22)24(26-25(29)31)32-18-23(30)28-17-14-19-10-5-7-12-21(19)28/h5,7,10,12H,3-4,6,8-9,11,13-18H2,1-2H3. The highest BCUT2D eigenvalue weighted by Gasteiger charge is 2.26. The number of aromatic nitrogens is 2. The van der Waals surface area contributed by atoms with E-state index in [1.54, 1.807) is 0 Å².